The van der Waals surface area contributed by atoms with E-state index in [2.05, 4.69) is 10.2 Å². The summed E-state index contributed by atoms with van der Waals surface area (Å²) in [7, 11) is 0. The molecule has 0 saturated carbocycles. The van der Waals surface area contributed by atoms with Crippen LogP contribution < -0.4 is 5.32 Å². The lowest BCUT2D eigenvalue weighted by atomic mass is 9.80. The number of carbonyl (C=O) groups excluding carboxylic acids is 2. The van der Waals surface area contributed by atoms with Crippen molar-refractivity contribution in [1.82, 2.24) is 5.32 Å². The first-order valence-corrected chi connectivity index (χ1v) is 10.2. The number of rotatable bonds is 10. The number of ether oxygens (including phenoxy) is 2. The molecule has 34 heavy (non-hydrogen) atoms. The molecule has 0 aromatic heterocycles. The molecule has 1 aromatic carbocycles. The van der Waals surface area contributed by atoms with Gasteiger partial charge in [-0.15, -0.1) is 10.1 Å². The number of allylic oxidation sites excluding steroid dienone is 3. The monoisotopic (exact) mass is 475 g/mol. The van der Waals surface area contributed by atoms with Crippen molar-refractivity contribution in [2.75, 3.05) is 19.8 Å². The lowest BCUT2D eigenvalue weighted by molar-refractivity contribution is -0.757. The molecule has 1 aliphatic heterocycles. The fourth-order valence-corrected chi connectivity index (χ4v) is 3.37. The molecule has 12 nitrogen and oxygen atoms in total. The van der Waals surface area contributed by atoms with Crippen LogP contribution in [0.4, 0.5) is 5.69 Å². The van der Waals surface area contributed by atoms with Crippen LogP contribution in [0, 0.1) is 20.2 Å². The Hall–Kier alpha value is -4.22. The quantitative estimate of drug-likeness (QED) is 0.175. The topological polar surface area (TPSA) is 160 Å². The molecule has 0 radical (unpaired) electrons. The molecular weight excluding hydrogens is 450 g/mol. The fourth-order valence-electron chi connectivity index (χ4n) is 3.37. The number of esters is 2. The van der Waals surface area contributed by atoms with Gasteiger partial charge in [0.25, 0.3) is 10.8 Å². The molecule has 2 rings (SSSR count). The molecule has 1 aromatic rings. The molecule has 0 saturated heterocycles. The zero-order valence-corrected chi connectivity index (χ0v) is 19.2. The maximum Gasteiger partial charge on any atom is 0.337 e. The van der Waals surface area contributed by atoms with E-state index in [0.29, 0.717) is 17.0 Å². The van der Waals surface area contributed by atoms with E-state index < -0.39 is 41.1 Å². The van der Waals surface area contributed by atoms with Gasteiger partial charge in [0.2, 0.25) is 0 Å². The molecule has 1 N–H and O–H groups in total. The minimum Gasteiger partial charge on any atom is -0.460 e. The van der Waals surface area contributed by atoms with Crippen LogP contribution in [0.1, 0.15) is 39.2 Å². The summed E-state index contributed by atoms with van der Waals surface area (Å²) in [5.41, 5.74) is 1.88. The third-order valence-electron chi connectivity index (χ3n) is 4.83. The Bertz CT molecular complexity index is 1080. The number of dihydropyridines is 1. The number of benzene rings is 1. The molecular formula is C22H25N3O9. The maximum atomic E-state index is 13.0. The molecule has 0 aliphatic carbocycles. The highest BCUT2D eigenvalue weighted by molar-refractivity contribution is 6.00. The SMILES string of the molecule is CC(C)=CCOC(=O)C1=C(C)NC(C)=C(C(=O)OCCO[N+](=O)[O-])C1c1cccc([N+](=O)[O-])c1. The highest BCUT2D eigenvalue weighted by Gasteiger charge is 2.38. The van der Waals surface area contributed by atoms with E-state index >= 15 is 0 Å². The van der Waals surface area contributed by atoms with Gasteiger partial charge in [-0.2, -0.15) is 0 Å². The van der Waals surface area contributed by atoms with E-state index in [1.165, 1.54) is 18.2 Å². The average molecular weight is 475 g/mol. The molecule has 1 atom stereocenters. The number of hydrogen-bond acceptors (Lipinski definition) is 10. The smallest absolute Gasteiger partial charge is 0.337 e. The van der Waals surface area contributed by atoms with Crippen LogP contribution in [-0.2, 0) is 23.9 Å². The number of hydrogen-bond donors (Lipinski definition) is 1. The Kier molecular flexibility index (Phi) is 8.87. The molecule has 1 aliphatic rings. The fraction of sp³-hybridized carbons (Fsp3) is 0.364. The van der Waals surface area contributed by atoms with Gasteiger partial charge >= 0.3 is 11.9 Å². The van der Waals surface area contributed by atoms with Crippen molar-refractivity contribution < 1.29 is 33.9 Å². The second-order valence-corrected chi connectivity index (χ2v) is 7.56. The van der Waals surface area contributed by atoms with Crippen molar-refractivity contribution in [3.8, 4) is 0 Å². The van der Waals surface area contributed by atoms with Gasteiger partial charge in [-0.05, 0) is 39.3 Å². The summed E-state index contributed by atoms with van der Waals surface area (Å²) in [6, 6.07) is 5.55. The molecule has 12 heteroatoms. The van der Waals surface area contributed by atoms with Gasteiger partial charge in [0.1, 0.15) is 19.8 Å². The van der Waals surface area contributed by atoms with Crippen molar-refractivity contribution in [3.05, 3.63) is 84.2 Å². The van der Waals surface area contributed by atoms with Gasteiger partial charge < -0.3 is 19.6 Å². The summed E-state index contributed by atoms with van der Waals surface area (Å²) in [4.78, 5) is 51.2. The van der Waals surface area contributed by atoms with Gasteiger partial charge in [0.15, 0.2) is 0 Å². The highest BCUT2D eigenvalue weighted by Crippen LogP contribution is 2.40. The number of nitro benzene ring substituents is 1. The Morgan fingerprint density at radius 3 is 2.21 bits per heavy atom. The van der Waals surface area contributed by atoms with Crippen LogP contribution in [0.5, 0.6) is 0 Å². The van der Waals surface area contributed by atoms with Crippen molar-refractivity contribution >= 4 is 17.6 Å². The van der Waals surface area contributed by atoms with Crippen molar-refractivity contribution in [2.24, 2.45) is 0 Å². The molecule has 0 fully saturated rings. The van der Waals surface area contributed by atoms with E-state index in [0.717, 1.165) is 5.57 Å². The molecule has 0 amide bonds. The Morgan fingerprint density at radius 2 is 1.65 bits per heavy atom. The first-order valence-electron chi connectivity index (χ1n) is 10.2. The number of non-ortho nitro benzene ring substituents is 1. The average Bonchev–Trinajstić information content (AvgIpc) is 2.75. The second kappa shape index (κ2) is 11.6. The lowest BCUT2D eigenvalue weighted by Crippen LogP contribution is -2.33. The third kappa shape index (κ3) is 6.64. The summed E-state index contributed by atoms with van der Waals surface area (Å²) in [5.74, 6) is -2.62. The summed E-state index contributed by atoms with van der Waals surface area (Å²) in [6.07, 6.45) is 1.71. The summed E-state index contributed by atoms with van der Waals surface area (Å²) in [6.45, 7) is 6.00. The van der Waals surface area contributed by atoms with Gasteiger partial charge in [0, 0.05) is 23.5 Å². The molecule has 1 unspecified atom stereocenters. The van der Waals surface area contributed by atoms with E-state index in [9.17, 15) is 29.8 Å². The Balaban J connectivity index is 2.49. The van der Waals surface area contributed by atoms with E-state index in [1.54, 1.807) is 26.0 Å². The normalized spacial score (nSPS) is 15.2. The predicted octanol–water partition coefficient (Wildman–Crippen LogP) is 3.09. The van der Waals surface area contributed by atoms with Crippen molar-refractivity contribution in [3.63, 3.8) is 0 Å². The highest BCUT2D eigenvalue weighted by atomic mass is 17.0. The first-order chi connectivity index (χ1) is 16.0. The Morgan fingerprint density at radius 1 is 1.03 bits per heavy atom. The van der Waals surface area contributed by atoms with Crippen LogP contribution in [0.25, 0.3) is 0 Å². The van der Waals surface area contributed by atoms with E-state index in [4.69, 9.17) is 9.47 Å². The second-order valence-electron chi connectivity index (χ2n) is 7.56. The summed E-state index contributed by atoms with van der Waals surface area (Å²) < 4.78 is 10.5. The maximum absolute atomic E-state index is 13.0. The number of carbonyl (C=O) groups is 2. The molecule has 0 bridgehead atoms. The van der Waals surface area contributed by atoms with Crippen LogP contribution in [0.3, 0.4) is 0 Å². The molecule has 182 valence electrons. The molecule has 1 heterocycles. The van der Waals surface area contributed by atoms with Gasteiger partial charge in [-0.25, -0.2) is 9.59 Å². The largest absolute Gasteiger partial charge is 0.460 e. The third-order valence-corrected chi connectivity index (χ3v) is 4.83. The summed E-state index contributed by atoms with van der Waals surface area (Å²) in [5, 5.41) is 23.6. The minimum atomic E-state index is -1.04. The first kappa shape index (κ1) is 26.0. The lowest BCUT2D eigenvalue weighted by Gasteiger charge is -2.30. The Labute approximate surface area is 195 Å². The number of nitrogens with zero attached hydrogens (tertiary/aromatic N) is 2. The summed E-state index contributed by atoms with van der Waals surface area (Å²) >= 11 is 0. The van der Waals surface area contributed by atoms with Crippen molar-refractivity contribution in [1.29, 1.82) is 0 Å². The van der Waals surface area contributed by atoms with Crippen molar-refractivity contribution in [2.45, 2.75) is 33.6 Å². The van der Waals surface area contributed by atoms with E-state index in [1.807, 2.05) is 13.8 Å². The van der Waals surface area contributed by atoms with Crippen LogP contribution in [0.15, 0.2) is 58.5 Å². The zero-order chi connectivity index (χ0) is 25.4. The predicted molar refractivity (Wildman–Crippen MR) is 119 cm³/mol. The zero-order valence-electron chi connectivity index (χ0n) is 19.2. The van der Waals surface area contributed by atoms with Gasteiger partial charge in [0.05, 0.1) is 22.0 Å². The standard InChI is InChI=1S/C22H25N3O9/c1-13(2)8-9-32-21(26)18-14(3)23-15(4)19(22(27)33-10-11-34-25(30)31)20(18)16-6-5-7-17(12-16)24(28)29/h5-8,12,20,23H,9-11H2,1-4H3. The number of nitrogens with one attached hydrogen (secondary N) is 1. The molecule has 0 spiro atoms. The van der Waals surface area contributed by atoms with Crippen LogP contribution in [0.2, 0.25) is 0 Å². The minimum absolute atomic E-state index is 0.000307. The van der Waals surface area contributed by atoms with E-state index in [-0.39, 0.29) is 23.4 Å². The van der Waals surface area contributed by atoms with Gasteiger partial charge in [-0.3, -0.25) is 10.1 Å². The number of nitro groups is 1. The van der Waals surface area contributed by atoms with Crippen LogP contribution >= 0.6 is 0 Å². The van der Waals surface area contributed by atoms with Gasteiger partial charge in [-0.1, -0.05) is 17.7 Å². The van der Waals surface area contributed by atoms with Crippen LogP contribution in [-0.4, -0.2) is 41.8 Å².